The first kappa shape index (κ1) is 15.0. The highest BCUT2D eigenvalue weighted by Gasteiger charge is 2.34. The van der Waals surface area contributed by atoms with Gasteiger partial charge in [-0.2, -0.15) is 0 Å². The van der Waals surface area contributed by atoms with Crippen LogP contribution in [0, 0.1) is 0 Å². The Hall–Kier alpha value is -2.44. The van der Waals surface area contributed by atoms with E-state index in [0.717, 1.165) is 0 Å². The quantitative estimate of drug-likeness (QED) is 0.883. The maximum absolute atomic E-state index is 12.2. The number of carboxylic acids is 1. The second kappa shape index (κ2) is 6.34. The van der Waals surface area contributed by atoms with Crippen molar-refractivity contribution in [1.82, 2.24) is 4.90 Å². The summed E-state index contributed by atoms with van der Waals surface area (Å²) in [6, 6.07) is 3.78. The Morgan fingerprint density at radius 1 is 1.33 bits per heavy atom. The van der Waals surface area contributed by atoms with Crippen LogP contribution < -0.4 is 14.8 Å². The van der Waals surface area contributed by atoms with E-state index in [4.69, 9.17) is 14.6 Å². The molecule has 21 heavy (non-hydrogen) atoms. The van der Waals surface area contributed by atoms with Gasteiger partial charge in [-0.15, -0.1) is 0 Å². The van der Waals surface area contributed by atoms with Crippen molar-refractivity contribution >= 4 is 17.7 Å². The molecule has 1 fully saturated rings. The standard InChI is InChI=1S/C14H18N2O5/c1-20-9-5-6-10(12(8-9)21-2)15-14(19)16-7-3-4-11(16)13(17)18/h5-6,8,11H,3-4,7H2,1-2H3,(H,15,19)(H,17,18). The van der Waals surface area contributed by atoms with Crippen LogP contribution in [0.2, 0.25) is 0 Å². The number of carbonyl (C=O) groups excluding carboxylic acids is 1. The number of nitrogens with one attached hydrogen (secondary N) is 1. The summed E-state index contributed by atoms with van der Waals surface area (Å²) in [6.07, 6.45) is 1.16. The monoisotopic (exact) mass is 294 g/mol. The van der Waals surface area contributed by atoms with Crippen molar-refractivity contribution < 1.29 is 24.2 Å². The van der Waals surface area contributed by atoms with E-state index < -0.39 is 18.0 Å². The van der Waals surface area contributed by atoms with Gasteiger partial charge in [0.05, 0.1) is 19.9 Å². The number of methoxy groups -OCH3 is 2. The first-order chi connectivity index (χ1) is 10.1. The number of likely N-dealkylation sites (tertiary alicyclic amines) is 1. The zero-order valence-corrected chi connectivity index (χ0v) is 12.0. The van der Waals surface area contributed by atoms with Crippen LogP contribution in [-0.2, 0) is 4.79 Å². The predicted octanol–water partition coefficient (Wildman–Crippen LogP) is 1.78. The number of anilines is 1. The maximum Gasteiger partial charge on any atom is 0.326 e. The van der Waals surface area contributed by atoms with E-state index in [1.807, 2.05) is 0 Å². The molecule has 2 amide bonds. The van der Waals surface area contributed by atoms with Crippen LogP contribution in [0.5, 0.6) is 11.5 Å². The lowest BCUT2D eigenvalue weighted by atomic mass is 10.2. The molecule has 0 bridgehead atoms. The normalized spacial score (nSPS) is 17.4. The molecular weight excluding hydrogens is 276 g/mol. The molecule has 1 aromatic carbocycles. The molecule has 7 nitrogen and oxygen atoms in total. The summed E-state index contributed by atoms with van der Waals surface area (Å²) < 4.78 is 10.3. The second-order valence-electron chi connectivity index (χ2n) is 4.69. The summed E-state index contributed by atoms with van der Waals surface area (Å²) in [5.74, 6) is 0.0764. The van der Waals surface area contributed by atoms with Crippen molar-refractivity contribution in [1.29, 1.82) is 0 Å². The van der Waals surface area contributed by atoms with Crippen molar-refractivity contribution in [3.63, 3.8) is 0 Å². The number of hydrogen-bond acceptors (Lipinski definition) is 4. The lowest BCUT2D eigenvalue weighted by molar-refractivity contribution is -0.141. The molecule has 0 radical (unpaired) electrons. The van der Waals surface area contributed by atoms with Crippen molar-refractivity contribution in [2.75, 3.05) is 26.1 Å². The molecule has 1 saturated heterocycles. The number of carboxylic acid groups (broad SMARTS) is 1. The Balaban J connectivity index is 2.14. The minimum Gasteiger partial charge on any atom is -0.497 e. The van der Waals surface area contributed by atoms with E-state index in [9.17, 15) is 9.59 Å². The third-order valence-electron chi connectivity index (χ3n) is 3.45. The Morgan fingerprint density at radius 3 is 2.71 bits per heavy atom. The Kier molecular flexibility index (Phi) is 4.52. The van der Waals surface area contributed by atoms with Crippen LogP contribution in [0.4, 0.5) is 10.5 Å². The second-order valence-corrected chi connectivity index (χ2v) is 4.69. The summed E-state index contributed by atoms with van der Waals surface area (Å²) in [6.45, 7) is 0.432. The van der Waals surface area contributed by atoms with Gasteiger partial charge >= 0.3 is 12.0 Å². The summed E-state index contributed by atoms with van der Waals surface area (Å²) >= 11 is 0. The molecule has 0 saturated carbocycles. The zero-order valence-electron chi connectivity index (χ0n) is 12.0. The summed E-state index contributed by atoms with van der Waals surface area (Å²) in [7, 11) is 3.02. The van der Waals surface area contributed by atoms with Gasteiger partial charge in [-0.1, -0.05) is 0 Å². The van der Waals surface area contributed by atoms with Crippen LogP contribution in [0.3, 0.4) is 0 Å². The van der Waals surface area contributed by atoms with Crippen LogP contribution in [0.25, 0.3) is 0 Å². The molecule has 2 rings (SSSR count). The van der Waals surface area contributed by atoms with E-state index in [1.165, 1.54) is 19.1 Å². The largest absolute Gasteiger partial charge is 0.497 e. The molecule has 1 aliphatic heterocycles. The molecular formula is C14H18N2O5. The number of amides is 2. The molecule has 1 unspecified atom stereocenters. The molecule has 1 atom stereocenters. The highest BCUT2D eigenvalue weighted by molar-refractivity contribution is 5.94. The fourth-order valence-corrected chi connectivity index (χ4v) is 2.36. The minimum atomic E-state index is -0.982. The van der Waals surface area contributed by atoms with Gasteiger partial charge in [0.15, 0.2) is 0 Å². The molecule has 1 aliphatic rings. The molecule has 0 aliphatic carbocycles. The molecule has 0 spiro atoms. The van der Waals surface area contributed by atoms with Crippen molar-refractivity contribution in [3.8, 4) is 11.5 Å². The molecule has 7 heteroatoms. The van der Waals surface area contributed by atoms with Crippen LogP contribution in [0.15, 0.2) is 18.2 Å². The lowest BCUT2D eigenvalue weighted by Gasteiger charge is -2.22. The van der Waals surface area contributed by atoms with Crippen LogP contribution in [-0.4, -0.2) is 48.8 Å². The SMILES string of the molecule is COc1ccc(NC(=O)N2CCCC2C(=O)O)c(OC)c1. The Morgan fingerprint density at radius 2 is 2.10 bits per heavy atom. The van der Waals surface area contributed by atoms with E-state index >= 15 is 0 Å². The van der Waals surface area contributed by atoms with E-state index in [0.29, 0.717) is 36.6 Å². The van der Waals surface area contributed by atoms with Crippen LogP contribution >= 0.6 is 0 Å². The number of carbonyl (C=O) groups is 2. The summed E-state index contributed by atoms with van der Waals surface area (Å²) in [5, 5.41) is 11.8. The van der Waals surface area contributed by atoms with Gasteiger partial charge in [0, 0.05) is 12.6 Å². The maximum atomic E-state index is 12.2. The van der Waals surface area contributed by atoms with Gasteiger partial charge in [-0.3, -0.25) is 0 Å². The topological polar surface area (TPSA) is 88.1 Å². The highest BCUT2D eigenvalue weighted by atomic mass is 16.5. The van der Waals surface area contributed by atoms with E-state index in [1.54, 1.807) is 18.2 Å². The van der Waals surface area contributed by atoms with E-state index in [2.05, 4.69) is 5.32 Å². The van der Waals surface area contributed by atoms with Gasteiger partial charge in [-0.25, -0.2) is 9.59 Å². The first-order valence-electron chi connectivity index (χ1n) is 6.59. The number of urea groups is 1. The van der Waals surface area contributed by atoms with Crippen molar-refractivity contribution in [2.45, 2.75) is 18.9 Å². The third-order valence-corrected chi connectivity index (χ3v) is 3.45. The highest BCUT2D eigenvalue weighted by Crippen LogP contribution is 2.30. The minimum absolute atomic E-state index is 0.432. The summed E-state index contributed by atoms with van der Waals surface area (Å²) in [4.78, 5) is 24.7. The lowest BCUT2D eigenvalue weighted by Crippen LogP contribution is -2.42. The van der Waals surface area contributed by atoms with Crippen LogP contribution in [0.1, 0.15) is 12.8 Å². The van der Waals surface area contributed by atoms with Crippen molar-refractivity contribution in [3.05, 3.63) is 18.2 Å². The average Bonchev–Trinajstić information content (AvgIpc) is 2.97. The molecule has 1 aromatic rings. The molecule has 0 aromatic heterocycles. The first-order valence-corrected chi connectivity index (χ1v) is 6.59. The third kappa shape index (κ3) is 3.18. The number of ether oxygens (including phenoxy) is 2. The average molecular weight is 294 g/mol. The Labute approximate surface area is 122 Å². The van der Waals surface area contributed by atoms with Gasteiger partial charge in [0.2, 0.25) is 0 Å². The zero-order chi connectivity index (χ0) is 15.4. The summed E-state index contributed by atoms with van der Waals surface area (Å²) in [5.41, 5.74) is 0.472. The number of nitrogens with zero attached hydrogens (tertiary/aromatic N) is 1. The van der Waals surface area contributed by atoms with E-state index in [-0.39, 0.29) is 0 Å². The number of rotatable bonds is 4. The fourth-order valence-electron chi connectivity index (χ4n) is 2.36. The van der Waals surface area contributed by atoms with Crippen molar-refractivity contribution in [2.24, 2.45) is 0 Å². The fraction of sp³-hybridized carbons (Fsp3) is 0.429. The van der Waals surface area contributed by atoms with Gasteiger partial charge in [0.25, 0.3) is 0 Å². The van der Waals surface area contributed by atoms with Gasteiger partial charge in [-0.05, 0) is 25.0 Å². The Bertz CT molecular complexity index is 546. The number of aliphatic carboxylic acids is 1. The number of hydrogen-bond donors (Lipinski definition) is 2. The molecule has 114 valence electrons. The molecule has 1 heterocycles. The van der Waals surface area contributed by atoms with Gasteiger partial charge in [0.1, 0.15) is 17.5 Å². The number of benzene rings is 1. The predicted molar refractivity (Wildman–Crippen MR) is 75.9 cm³/mol. The smallest absolute Gasteiger partial charge is 0.326 e. The molecule has 2 N–H and O–H groups in total. The van der Waals surface area contributed by atoms with Gasteiger partial charge < -0.3 is 24.8 Å².